The molecule has 0 bridgehead atoms. The molecule has 5 rings (SSSR count). The van der Waals surface area contributed by atoms with E-state index in [-0.39, 0.29) is 46.4 Å². The van der Waals surface area contributed by atoms with Gasteiger partial charge in [-0.2, -0.15) is 13.2 Å². The van der Waals surface area contributed by atoms with Gasteiger partial charge in [-0.15, -0.1) is 10.2 Å². The second-order valence-corrected chi connectivity index (χ2v) is 9.77. The van der Waals surface area contributed by atoms with E-state index < -0.39 is 24.5 Å². The number of amides is 1. The molecule has 0 spiro atoms. The van der Waals surface area contributed by atoms with Crippen molar-refractivity contribution in [3.63, 3.8) is 0 Å². The Kier molecular flexibility index (Phi) is 7.23. The van der Waals surface area contributed by atoms with Gasteiger partial charge in [0.2, 0.25) is 0 Å². The van der Waals surface area contributed by atoms with E-state index in [4.69, 9.17) is 23.2 Å². The Morgan fingerprint density at radius 2 is 1.85 bits per heavy atom. The van der Waals surface area contributed by atoms with Crippen LogP contribution in [0.25, 0.3) is 17.1 Å². The van der Waals surface area contributed by atoms with E-state index in [1.54, 1.807) is 18.2 Å². The third-order valence-corrected chi connectivity index (χ3v) is 6.52. The number of hydrogen-bond donors (Lipinski definition) is 2. The zero-order valence-corrected chi connectivity index (χ0v) is 21.5. The molecule has 1 fully saturated rings. The lowest BCUT2D eigenvalue weighted by atomic mass is 10.1. The second-order valence-electron chi connectivity index (χ2n) is 8.93. The summed E-state index contributed by atoms with van der Waals surface area (Å²) in [4.78, 5) is 30.0. The van der Waals surface area contributed by atoms with E-state index in [1.165, 1.54) is 35.3 Å². The number of carbonyl (C=O) groups excluding carboxylic acids is 1. The van der Waals surface area contributed by atoms with Crippen LogP contribution in [0.1, 0.15) is 29.0 Å². The second kappa shape index (κ2) is 10.5. The minimum atomic E-state index is -4.95. The average molecular weight is 582 g/mol. The van der Waals surface area contributed by atoms with Gasteiger partial charge in [0, 0.05) is 16.6 Å². The molecule has 1 aliphatic carbocycles. The maximum atomic E-state index is 13.1. The van der Waals surface area contributed by atoms with Gasteiger partial charge >= 0.3 is 11.9 Å². The highest BCUT2D eigenvalue weighted by molar-refractivity contribution is 6.33. The molecule has 0 unspecified atom stereocenters. The SMILES string of the molecule is O=C(NC1CC1)c1cccc(Cl)c1-n1cnc(Cn2nc(-c3ccc(Cl)cc3)n(C[C@H](O)C(F)(F)F)c2=O)n1. The number of para-hydroxylation sites is 1. The number of alkyl halides is 3. The Balaban J connectivity index is 1.48. The number of halogens is 5. The van der Waals surface area contributed by atoms with E-state index in [1.807, 2.05) is 0 Å². The summed E-state index contributed by atoms with van der Waals surface area (Å²) < 4.78 is 42.2. The number of rotatable bonds is 8. The smallest absolute Gasteiger partial charge is 0.382 e. The van der Waals surface area contributed by atoms with Gasteiger partial charge in [0.15, 0.2) is 17.8 Å². The van der Waals surface area contributed by atoms with Crippen LogP contribution in [-0.2, 0) is 13.1 Å². The van der Waals surface area contributed by atoms with Crippen LogP contribution in [0.5, 0.6) is 0 Å². The number of carbonyl (C=O) groups is 1. The van der Waals surface area contributed by atoms with E-state index in [0.29, 0.717) is 10.6 Å². The van der Waals surface area contributed by atoms with Crippen LogP contribution >= 0.6 is 23.2 Å². The first kappa shape index (κ1) is 26.9. The number of hydrogen-bond acceptors (Lipinski definition) is 6. The average Bonchev–Trinajstić information content (AvgIpc) is 3.50. The Bertz CT molecular complexity index is 1580. The van der Waals surface area contributed by atoms with Crippen LogP contribution in [0.4, 0.5) is 13.2 Å². The van der Waals surface area contributed by atoms with Crippen LogP contribution in [0.2, 0.25) is 10.0 Å². The van der Waals surface area contributed by atoms with E-state index >= 15 is 0 Å². The first-order valence-electron chi connectivity index (χ1n) is 11.7. The van der Waals surface area contributed by atoms with Crippen molar-refractivity contribution in [1.29, 1.82) is 0 Å². The summed E-state index contributed by atoms with van der Waals surface area (Å²) in [6.45, 7) is -1.38. The van der Waals surface area contributed by atoms with Gasteiger partial charge in [-0.3, -0.25) is 9.36 Å². The minimum absolute atomic E-state index is 0.0780. The lowest BCUT2D eigenvalue weighted by Crippen LogP contribution is -2.37. The van der Waals surface area contributed by atoms with Crippen molar-refractivity contribution in [2.45, 2.75) is 44.3 Å². The summed E-state index contributed by atoms with van der Waals surface area (Å²) >= 11 is 12.3. The summed E-state index contributed by atoms with van der Waals surface area (Å²) in [6, 6.07) is 10.9. The van der Waals surface area contributed by atoms with Crippen molar-refractivity contribution in [3.8, 4) is 17.1 Å². The van der Waals surface area contributed by atoms with Gasteiger partial charge in [-0.1, -0.05) is 29.3 Å². The molecule has 2 aromatic heterocycles. The van der Waals surface area contributed by atoms with E-state index in [9.17, 15) is 27.9 Å². The topological polar surface area (TPSA) is 120 Å². The van der Waals surface area contributed by atoms with Gasteiger partial charge in [-0.25, -0.2) is 19.1 Å². The zero-order chi connectivity index (χ0) is 27.9. The maximum absolute atomic E-state index is 13.1. The quantitative estimate of drug-likeness (QED) is 0.329. The molecule has 2 heterocycles. The standard InChI is InChI=1S/C24H20Cl2F3N7O3/c25-14-6-4-13(5-7-14)21-33-35(23(39)34(21)10-18(37)24(27,28)29)11-19-30-12-36(32-19)20-16(2-1-3-17(20)26)22(38)31-15-8-9-15/h1-7,12,15,18,37H,8-11H2,(H,31,38)/t18-/m0/s1. The zero-order valence-electron chi connectivity index (χ0n) is 19.9. The molecule has 0 saturated heterocycles. The highest BCUT2D eigenvalue weighted by atomic mass is 35.5. The molecular formula is C24H20Cl2F3N7O3. The van der Waals surface area contributed by atoms with Crippen LogP contribution < -0.4 is 11.0 Å². The van der Waals surface area contributed by atoms with Crippen molar-refractivity contribution >= 4 is 29.1 Å². The van der Waals surface area contributed by atoms with E-state index in [2.05, 4.69) is 20.5 Å². The summed E-state index contributed by atoms with van der Waals surface area (Å²) in [5.41, 5.74) is -0.0464. The van der Waals surface area contributed by atoms with Crippen molar-refractivity contribution in [1.82, 2.24) is 34.4 Å². The van der Waals surface area contributed by atoms with Crippen molar-refractivity contribution in [3.05, 3.63) is 80.7 Å². The lowest BCUT2D eigenvalue weighted by molar-refractivity contribution is -0.207. The van der Waals surface area contributed by atoms with Crippen LogP contribution in [0.3, 0.4) is 0 Å². The van der Waals surface area contributed by atoms with Gasteiger partial charge in [0.05, 0.1) is 22.8 Å². The third-order valence-electron chi connectivity index (χ3n) is 5.96. The maximum Gasteiger partial charge on any atom is 0.416 e. The largest absolute Gasteiger partial charge is 0.416 e. The first-order chi connectivity index (χ1) is 18.5. The summed E-state index contributed by atoms with van der Waals surface area (Å²) in [5.74, 6) is -0.350. The first-order valence-corrected chi connectivity index (χ1v) is 12.5. The molecule has 39 heavy (non-hydrogen) atoms. The molecule has 1 atom stereocenters. The molecule has 4 aromatic rings. The highest BCUT2D eigenvalue weighted by Gasteiger charge is 2.39. The number of benzene rings is 2. The molecule has 1 saturated carbocycles. The normalized spacial score (nSPS) is 14.4. The molecule has 0 radical (unpaired) electrons. The Morgan fingerprint density at radius 3 is 2.51 bits per heavy atom. The Hall–Kier alpha value is -3.68. The number of aliphatic hydroxyl groups excluding tert-OH is 1. The molecule has 1 amide bonds. The van der Waals surface area contributed by atoms with E-state index in [0.717, 1.165) is 22.1 Å². The number of aromatic nitrogens is 6. The third kappa shape index (κ3) is 5.84. The van der Waals surface area contributed by atoms with Crippen LogP contribution in [-0.4, -0.2) is 58.4 Å². The van der Waals surface area contributed by atoms with Gasteiger partial charge in [0.25, 0.3) is 5.91 Å². The summed E-state index contributed by atoms with van der Waals surface area (Å²) in [7, 11) is 0. The lowest BCUT2D eigenvalue weighted by Gasteiger charge is -2.15. The fourth-order valence-electron chi connectivity index (χ4n) is 3.83. The number of nitrogens with zero attached hydrogens (tertiary/aromatic N) is 6. The predicted molar refractivity (Wildman–Crippen MR) is 135 cm³/mol. The number of nitrogens with one attached hydrogen (secondary N) is 1. The molecule has 2 N–H and O–H groups in total. The molecule has 2 aromatic carbocycles. The van der Waals surface area contributed by atoms with Crippen molar-refractivity contribution < 1.29 is 23.1 Å². The fraction of sp³-hybridized carbons (Fsp3) is 0.292. The van der Waals surface area contributed by atoms with Gasteiger partial charge in [0.1, 0.15) is 12.9 Å². The summed E-state index contributed by atoms with van der Waals surface area (Å²) in [5, 5.41) is 21.7. The van der Waals surface area contributed by atoms with Crippen LogP contribution in [0.15, 0.2) is 53.6 Å². The fourth-order valence-corrected chi connectivity index (χ4v) is 4.22. The van der Waals surface area contributed by atoms with Crippen LogP contribution in [0, 0.1) is 0 Å². The molecular weight excluding hydrogens is 562 g/mol. The molecule has 10 nitrogen and oxygen atoms in total. The minimum Gasteiger partial charge on any atom is -0.382 e. The van der Waals surface area contributed by atoms with Gasteiger partial charge < -0.3 is 10.4 Å². The Morgan fingerprint density at radius 1 is 1.13 bits per heavy atom. The highest BCUT2D eigenvalue weighted by Crippen LogP contribution is 2.27. The Labute approximate surface area is 228 Å². The number of aliphatic hydroxyl groups is 1. The molecule has 15 heteroatoms. The van der Waals surface area contributed by atoms with Gasteiger partial charge in [-0.05, 0) is 49.2 Å². The van der Waals surface area contributed by atoms with Crippen molar-refractivity contribution in [2.75, 3.05) is 0 Å². The van der Waals surface area contributed by atoms with Crippen molar-refractivity contribution in [2.24, 2.45) is 0 Å². The molecule has 1 aliphatic rings. The monoisotopic (exact) mass is 581 g/mol. The summed E-state index contributed by atoms with van der Waals surface area (Å²) in [6.07, 6.45) is -4.64. The molecule has 0 aliphatic heterocycles. The molecule has 204 valence electrons. The predicted octanol–water partition coefficient (Wildman–Crippen LogP) is 3.46.